The Labute approximate surface area is 164 Å². The van der Waals surface area contributed by atoms with Crippen LogP contribution in [0.3, 0.4) is 0 Å². The second kappa shape index (κ2) is 7.88. The predicted octanol–water partition coefficient (Wildman–Crippen LogP) is 3.17. The molecule has 1 aromatic carbocycles. The van der Waals surface area contributed by atoms with Crippen molar-refractivity contribution in [2.75, 3.05) is 19.6 Å². The molecule has 0 amide bonds. The molecule has 0 aliphatic carbocycles. The minimum atomic E-state index is -3.49. The van der Waals surface area contributed by atoms with E-state index in [9.17, 15) is 12.8 Å². The Morgan fingerprint density at radius 1 is 1.11 bits per heavy atom. The van der Waals surface area contributed by atoms with E-state index < -0.39 is 10.2 Å². The lowest BCUT2D eigenvalue weighted by Crippen LogP contribution is -2.51. The molecule has 3 heterocycles. The van der Waals surface area contributed by atoms with Crippen molar-refractivity contribution in [1.29, 1.82) is 0 Å². The first kappa shape index (κ1) is 19.5. The largest absolute Gasteiger partial charge is 0.339 e. The van der Waals surface area contributed by atoms with Crippen LogP contribution in [0.15, 0.2) is 28.8 Å². The molecule has 2 aliphatic rings. The molecule has 2 atom stereocenters. The maximum Gasteiger partial charge on any atom is 0.282 e. The molecule has 2 unspecified atom stereocenters. The number of aromatic nitrogens is 2. The Balaban J connectivity index is 1.50. The number of hydrogen-bond acceptors (Lipinski definition) is 5. The summed E-state index contributed by atoms with van der Waals surface area (Å²) in [6.07, 6.45) is 4.43. The highest BCUT2D eigenvalue weighted by atomic mass is 32.2. The summed E-state index contributed by atoms with van der Waals surface area (Å²) in [7, 11) is -3.49. The zero-order valence-electron chi connectivity index (χ0n) is 15.9. The van der Waals surface area contributed by atoms with Crippen molar-refractivity contribution in [3.63, 3.8) is 0 Å². The lowest BCUT2D eigenvalue weighted by molar-refractivity contribution is 0.218. The van der Waals surface area contributed by atoms with Crippen LogP contribution < -0.4 is 0 Å². The van der Waals surface area contributed by atoms with Gasteiger partial charge in [-0.2, -0.15) is 22.0 Å². The van der Waals surface area contributed by atoms with Gasteiger partial charge in [0.2, 0.25) is 11.7 Å². The molecule has 2 saturated heterocycles. The number of hydrogen-bond donors (Lipinski definition) is 0. The Morgan fingerprint density at radius 2 is 1.89 bits per heavy atom. The number of benzene rings is 1. The normalized spacial score (nSPS) is 25.1. The summed E-state index contributed by atoms with van der Waals surface area (Å²) in [5.41, 5.74) is 0.666. The molecule has 1 aromatic heterocycles. The van der Waals surface area contributed by atoms with Crippen LogP contribution in [0.4, 0.5) is 4.39 Å². The molecule has 2 aromatic rings. The van der Waals surface area contributed by atoms with Crippen LogP contribution in [0, 0.1) is 5.82 Å². The van der Waals surface area contributed by atoms with Crippen molar-refractivity contribution in [2.24, 2.45) is 0 Å². The van der Waals surface area contributed by atoms with Crippen molar-refractivity contribution in [1.82, 2.24) is 18.8 Å². The van der Waals surface area contributed by atoms with Crippen LogP contribution in [0.2, 0.25) is 0 Å². The van der Waals surface area contributed by atoms with E-state index in [1.54, 1.807) is 20.7 Å². The highest BCUT2D eigenvalue weighted by Gasteiger charge is 2.38. The van der Waals surface area contributed by atoms with Gasteiger partial charge in [0.1, 0.15) is 5.82 Å². The van der Waals surface area contributed by atoms with E-state index >= 15 is 0 Å². The zero-order chi connectivity index (χ0) is 19.7. The monoisotopic (exact) mass is 408 g/mol. The van der Waals surface area contributed by atoms with Crippen molar-refractivity contribution in [3.8, 4) is 11.4 Å². The van der Waals surface area contributed by atoms with E-state index in [4.69, 9.17) is 4.52 Å². The van der Waals surface area contributed by atoms with Gasteiger partial charge in [-0.15, -0.1) is 0 Å². The van der Waals surface area contributed by atoms with E-state index in [-0.39, 0.29) is 17.8 Å². The number of piperidine rings is 2. The maximum atomic E-state index is 13.1. The molecule has 0 bridgehead atoms. The van der Waals surface area contributed by atoms with Gasteiger partial charge in [0.05, 0.1) is 5.92 Å². The summed E-state index contributed by atoms with van der Waals surface area (Å²) in [6.45, 7) is 3.42. The molecule has 4 rings (SSSR count). The smallest absolute Gasteiger partial charge is 0.282 e. The van der Waals surface area contributed by atoms with Gasteiger partial charge >= 0.3 is 0 Å². The minimum absolute atomic E-state index is 0.0348. The fourth-order valence-electron chi connectivity index (χ4n) is 4.03. The molecular formula is C19H25FN4O3S. The molecule has 7 nitrogen and oxygen atoms in total. The highest BCUT2D eigenvalue weighted by molar-refractivity contribution is 7.86. The highest BCUT2D eigenvalue weighted by Crippen LogP contribution is 2.31. The van der Waals surface area contributed by atoms with E-state index in [1.807, 2.05) is 6.92 Å². The zero-order valence-corrected chi connectivity index (χ0v) is 16.7. The summed E-state index contributed by atoms with van der Waals surface area (Å²) in [4.78, 5) is 4.44. The van der Waals surface area contributed by atoms with Gasteiger partial charge in [0, 0.05) is 31.2 Å². The summed E-state index contributed by atoms with van der Waals surface area (Å²) < 4.78 is 48.0. The van der Waals surface area contributed by atoms with Gasteiger partial charge in [-0.1, -0.05) is 11.6 Å². The molecule has 2 aliphatic heterocycles. The third-order valence-electron chi connectivity index (χ3n) is 5.64. The molecule has 152 valence electrons. The van der Waals surface area contributed by atoms with Crippen molar-refractivity contribution < 1.29 is 17.3 Å². The lowest BCUT2D eigenvalue weighted by atomic mass is 10.00. The molecule has 9 heteroatoms. The first-order valence-electron chi connectivity index (χ1n) is 9.81. The summed E-state index contributed by atoms with van der Waals surface area (Å²) >= 11 is 0. The van der Waals surface area contributed by atoms with Gasteiger partial charge in [-0.3, -0.25) is 0 Å². The first-order valence-corrected chi connectivity index (χ1v) is 11.2. The topological polar surface area (TPSA) is 79.5 Å². The van der Waals surface area contributed by atoms with Crippen LogP contribution in [0.1, 0.15) is 50.8 Å². The van der Waals surface area contributed by atoms with Crippen LogP contribution in [0.25, 0.3) is 11.4 Å². The Hall–Kier alpha value is -1.84. The van der Waals surface area contributed by atoms with E-state index in [1.165, 1.54) is 12.1 Å². The predicted molar refractivity (Wildman–Crippen MR) is 102 cm³/mol. The fourth-order valence-corrected chi connectivity index (χ4v) is 5.98. The summed E-state index contributed by atoms with van der Waals surface area (Å²) in [6, 6.07) is 5.92. The van der Waals surface area contributed by atoms with Crippen LogP contribution in [-0.4, -0.2) is 52.8 Å². The molecule has 28 heavy (non-hydrogen) atoms. The third-order valence-corrected chi connectivity index (χ3v) is 7.76. The first-order chi connectivity index (χ1) is 13.4. The number of nitrogens with zero attached hydrogens (tertiary/aromatic N) is 4. The van der Waals surface area contributed by atoms with Gasteiger partial charge in [0.25, 0.3) is 10.2 Å². The Bertz CT molecular complexity index is 916. The molecule has 0 N–H and O–H groups in total. The van der Waals surface area contributed by atoms with Crippen molar-refractivity contribution >= 4 is 10.2 Å². The SMILES string of the molecule is CC1CCCCN1S(=O)(=O)N1CCCC(c2nc(-c3ccc(F)cc3)no2)C1. The maximum absolute atomic E-state index is 13.1. The van der Waals surface area contributed by atoms with Gasteiger partial charge in [0.15, 0.2) is 0 Å². The minimum Gasteiger partial charge on any atom is -0.339 e. The molecule has 0 spiro atoms. The standard InChI is InChI=1S/C19H25FN4O3S/c1-14-5-2-3-12-24(14)28(25,26)23-11-4-6-16(13-23)19-21-18(22-27-19)15-7-9-17(20)10-8-15/h7-10,14,16H,2-6,11-13H2,1H3. The van der Waals surface area contributed by atoms with Gasteiger partial charge in [-0.05, 0) is 56.9 Å². The third kappa shape index (κ3) is 3.83. The van der Waals surface area contributed by atoms with Crippen LogP contribution in [0.5, 0.6) is 0 Å². The lowest BCUT2D eigenvalue weighted by Gasteiger charge is -2.38. The van der Waals surface area contributed by atoms with Crippen LogP contribution in [-0.2, 0) is 10.2 Å². The Morgan fingerprint density at radius 3 is 2.64 bits per heavy atom. The molecule has 0 radical (unpaired) electrons. The second-order valence-electron chi connectivity index (χ2n) is 7.62. The molecule has 0 saturated carbocycles. The summed E-state index contributed by atoms with van der Waals surface area (Å²) in [5.74, 6) is 0.364. The van der Waals surface area contributed by atoms with E-state index in [0.717, 1.165) is 32.1 Å². The quantitative estimate of drug-likeness (QED) is 0.776. The van der Waals surface area contributed by atoms with Crippen molar-refractivity contribution in [2.45, 2.75) is 51.0 Å². The number of rotatable bonds is 4. The average molecular weight is 408 g/mol. The van der Waals surface area contributed by atoms with Gasteiger partial charge in [-0.25, -0.2) is 4.39 Å². The van der Waals surface area contributed by atoms with Gasteiger partial charge < -0.3 is 4.52 Å². The van der Waals surface area contributed by atoms with Crippen LogP contribution >= 0.6 is 0 Å². The summed E-state index contributed by atoms with van der Waals surface area (Å²) in [5, 5.41) is 3.99. The molecule has 2 fully saturated rings. The van der Waals surface area contributed by atoms with Crippen molar-refractivity contribution in [3.05, 3.63) is 36.0 Å². The van der Waals surface area contributed by atoms with E-state index in [2.05, 4.69) is 10.1 Å². The number of halogens is 1. The second-order valence-corrected chi connectivity index (χ2v) is 9.50. The molecular weight excluding hydrogens is 383 g/mol. The fraction of sp³-hybridized carbons (Fsp3) is 0.579. The Kier molecular flexibility index (Phi) is 5.48. The average Bonchev–Trinajstić information content (AvgIpc) is 3.19. The van der Waals surface area contributed by atoms with E-state index in [0.29, 0.717) is 36.9 Å².